The predicted octanol–water partition coefficient (Wildman–Crippen LogP) is -0.172. The molecule has 9 heteroatoms. The summed E-state index contributed by atoms with van der Waals surface area (Å²) in [7, 11) is 0. The second-order valence-electron chi connectivity index (χ2n) is 5.82. The maximum absolute atomic E-state index is 11.9. The first-order chi connectivity index (χ1) is 12.1. The van der Waals surface area contributed by atoms with E-state index >= 15 is 0 Å². The van der Waals surface area contributed by atoms with Crippen molar-refractivity contribution in [2.24, 2.45) is 0 Å². The molecule has 0 spiro atoms. The lowest BCUT2D eigenvalue weighted by molar-refractivity contribution is -0.124. The number of likely N-dealkylation sites (N-methyl/N-ethyl adjacent to an activating group) is 1. The first kappa shape index (κ1) is 19.4. The van der Waals surface area contributed by atoms with Gasteiger partial charge in [-0.1, -0.05) is 6.07 Å². The predicted molar refractivity (Wildman–Crippen MR) is 96.3 cm³/mol. The van der Waals surface area contributed by atoms with Gasteiger partial charge in [-0.25, -0.2) is 4.79 Å². The maximum Gasteiger partial charge on any atom is 0.321 e. The van der Waals surface area contributed by atoms with Gasteiger partial charge in [0.05, 0.1) is 19.6 Å². The van der Waals surface area contributed by atoms with E-state index in [-0.39, 0.29) is 18.4 Å². The average Bonchev–Trinajstić information content (AvgIpc) is 3.08. The number of rotatable bonds is 7. The molecule has 0 unspecified atom stereocenters. The second kappa shape index (κ2) is 10.1. The summed E-state index contributed by atoms with van der Waals surface area (Å²) in [6, 6.07) is 3.36. The Morgan fingerprint density at radius 1 is 1.04 bits per heavy atom. The van der Waals surface area contributed by atoms with Crippen LogP contribution in [-0.2, 0) is 16.1 Å². The fourth-order valence-electron chi connectivity index (χ4n) is 2.56. The van der Waals surface area contributed by atoms with E-state index in [2.05, 4.69) is 20.9 Å². The van der Waals surface area contributed by atoms with E-state index in [1.807, 2.05) is 29.3 Å². The zero-order chi connectivity index (χ0) is 18.1. The topological polar surface area (TPSA) is 93.8 Å². The monoisotopic (exact) mass is 367 g/mol. The molecular formula is C16H25N5O3S. The van der Waals surface area contributed by atoms with Crippen LogP contribution in [0.25, 0.3) is 0 Å². The standard InChI is InChI=1S/C16H25N5O3S/c1-2-17-14(22)11-20-5-7-21(8-6-20)12-15(23)19-16(24)18-10-13-4-3-9-25-13/h3-4,9H,2,5-8,10-12H2,1H3,(H,17,22)(H2,18,19,23,24). The Hall–Kier alpha value is -1.97. The number of imide groups is 1. The summed E-state index contributed by atoms with van der Waals surface area (Å²) >= 11 is 1.55. The molecule has 1 aromatic rings. The number of hydrogen-bond donors (Lipinski definition) is 3. The first-order valence-corrected chi connectivity index (χ1v) is 9.26. The number of amides is 4. The molecule has 0 radical (unpaired) electrons. The van der Waals surface area contributed by atoms with Crippen LogP contribution in [0.4, 0.5) is 4.79 Å². The Labute approximate surface area is 151 Å². The van der Waals surface area contributed by atoms with E-state index in [1.165, 1.54) is 0 Å². The minimum absolute atomic E-state index is 0.0242. The van der Waals surface area contributed by atoms with Gasteiger partial charge in [0.15, 0.2) is 0 Å². The largest absolute Gasteiger partial charge is 0.355 e. The van der Waals surface area contributed by atoms with Crippen molar-refractivity contribution in [3.05, 3.63) is 22.4 Å². The van der Waals surface area contributed by atoms with Gasteiger partial charge in [-0.2, -0.15) is 0 Å². The lowest BCUT2D eigenvalue weighted by Gasteiger charge is -2.33. The molecule has 2 rings (SSSR count). The van der Waals surface area contributed by atoms with Crippen LogP contribution in [0.2, 0.25) is 0 Å². The third-order valence-electron chi connectivity index (χ3n) is 3.83. The quantitative estimate of drug-likeness (QED) is 0.622. The highest BCUT2D eigenvalue weighted by molar-refractivity contribution is 7.09. The minimum atomic E-state index is -0.478. The van der Waals surface area contributed by atoms with E-state index in [9.17, 15) is 14.4 Å². The highest BCUT2D eigenvalue weighted by Crippen LogP contribution is 2.07. The molecule has 4 amide bonds. The van der Waals surface area contributed by atoms with Crippen LogP contribution in [0.15, 0.2) is 17.5 Å². The molecule has 3 N–H and O–H groups in total. The summed E-state index contributed by atoms with van der Waals surface area (Å²) in [6.45, 7) is 6.37. The Balaban J connectivity index is 1.61. The first-order valence-electron chi connectivity index (χ1n) is 8.38. The van der Waals surface area contributed by atoms with Crippen molar-refractivity contribution in [3.8, 4) is 0 Å². The van der Waals surface area contributed by atoms with Gasteiger partial charge in [0.2, 0.25) is 11.8 Å². The van der Waals surface area contributed by atoms with Crippen LogP contribution in [0, 0.1) is 0 Å². The fourth-order valence-corrected chi connectivity index (χ4v) is 3.20. The van der Waals surface area contributed by atoms with E-state index in [1.54, 1.807) is 11.3 Å². The number of piperazine rings is 1. The Morgan fingerprint density at radius 2 is 1.68 bits per heavy atom. The van der Waals surface area contributed by atoms with Crippen molar-refractivity contribution in [1.82, 2.24) is 25.8 Å². The van der Waals surface area contributed by atoms with E-state index < -0.39 is 6.03 Å². The summed E-state index contributed by atoms with van der Waals surface area (Å²) in [4.78, 5) is 40.3. The van der Waals surface area contributed by atoms with Gasteiger partial charge >= 0.3 is 6.03 Å². The van der Waals surface area contributed by atoms with Crippen LogP contribution in [0.5, 0.6) is 0 Å². The van der Waals surface area contributed by atoms with Crippen molar-refractivity contribution < 1.29 is 14.4 Å². The lowest BCUT2D eigenvalue weighted by Crippen LogP contribution is -2.52. The van der Waals surface area contributed by atoms with Gasteiger partial charge in [-0.3, -0.25) is 24.7 Å². The number of nitrogens with one attached hydrogen (secondary N) is 3. The third kappa shape index (κ3) is 7.20. The Morgan fingerprint density at radius 3 is 2.24 bits per heavy atom. The number of carbonyl (C=O) groups excluding carboxylic acids is 3. The Kier molecular flexibility index (Phi) is 7.83. The Bertz CT molecular complexity index is 570. The van der Waals surface area contributed by atoms with E-state index in [0.29, 0.717) is 32.7 Å². The molecule has 1 aliphatic rings. The zero-order valence-electron chi connectivity index (χ0n) is 14.4. The van der Waals surface area contributed by atoms with Crippen molar-refractivity contribution in [3.63, 3.8) is 0 Å². The molecule has 0 aromatic carbocycles. The molecule has 0 aliphatic carbocycles. The van der Waals surface area contributed by atoms with Gasteiger partial charge in [0.1, 0.15) is 0 Å². The van der Waals surface area contributed by atoms with Crippen LogP contribution in [0.3, 0.4) is 0 Å². The smallest absolute Gasteiger partial charge is 0.321 e. The summed E-state index contributed by atoms with van der Waals surface area (Å²) in [6.07, 6.45) is 0. The van der Waals surface area contributed by atoms with Gasteiger partial charge < -0.3 is 10.6 Å². The lowest BCUT2D eigenvalue weighted by atomic mass is 10.3. The van der Waals surface area contributed by atoms with Crippen molar-refractivity contribution in [2.45, 2.75) is 13.5 Å². The zero-order valence-corrected chi connectivity index (χ0v) is 15.2. The molecule has 0 atom stereocenters. The number of thiophene rings is 1. The summed E-state index contributed by atoms with van der Waals surface area (Å²) < 4.78 is 0. The van der Waals surface area contributed by atoms with Crippen LogP contribution >= 0.6 is 11.3 Å². The number of urea groups is 1. The van der Waals surface area contributed by atoms with Crippen LogP contribution in [0.1, 0.15) is 11.8 Å². The van der Waals surface area contributed by atoms with Gasteiger partial charge in [0, 0.05) is 37.6 Å². The van der Waals surface area contributed by atoms with Crippen molar-refractivity contribution >= 4 is 29.2 Å². The molecule has 1 aromatic heterocycles. The molecule has 8 nitrogen and oxygen atoms in total. The second-order valence-corrected chi connectivity index (χ2v) is 6.85. The number of carbonyl (C=O) groups is 3. The van der Waals surface area contributed by atoms with Crippen molar-refractivity contribution in [2.75, 3.05) is 45.8 Å². The molecule has 0 bridgehead atoms. The minimum Gasteiger partial charge on any atom is -0.355 e. The van der Waals surface area contributed by atoms with Crippen LogP contribution in [-0.4, -0.2) is 73.5 Å². The average molecular weight is 367 g/mol. The molecule has 25 heavy (non-hydrogen) atoms. The highest BCUT2D eigenvalue weighted by atomic mass is 32.1. The van der Waals surface area contributed by atoms with Gasteiger partial charge in [-0.15, -0.1) is 11.3 Å². The molecular weight excluding hydrogens is 342 g/mol. The SMILES string of the molecule is CCNC(=O)CN1CCN(CC(=O)NC(=O)NCc2cccs2)CC1. The molecule has 2 heterocycles. The summed E-state index contributed by atoms with van der Waals surface area (Å²) in [5.41, 5.74) is 0. The van der Waals surface area contributed by atoms with Crippen LogP contribution < -0.4 is 16.0 Å². The summed E-state index contributed by atoms with van der Waals surface area (Å²) in [5.74, 6) is -0.294. The van der Waals surface area contributed by atoms with E-state index in [0.717, 1.165) is 18.0 Å². The summed E-state index contributed by atoms with van der Waals surface area (Å²) in [5, 5.41) is 9.72. The molecule has 138 valence electrons. The number of hydrogen-bond acceptors (Lipinski definition) is 6. The molecule has 1 fully saturated rings. The molecule has 0 saturated carbocycles. The van der Waals surface area contributed by atoms with E-state index in [4.69, 9.17) is 0 Å². The number of nitrogens with zero attached hydrogens (tertiary/aromatic N) is 2. The molecule has 1 saturated heterocycles. The van der Waals surface area contributed by atoms with Gasteiger partial charge in [0.25, 0.3) is 0 Å². The molecule has 1 aliphatic heterocycles. The maximum atomic E-state index is 11.9. The highest BCUT2D eigenvalue weighted by Gasteiger charge is 2.21. The normalized spacial score (nSPS) is 15.6. The fraction of sp³-hybridized carbons (Fsp3) is 0.562. The van der Waals surface area contributed by atoms with Crippen molar-refractivity contribution in [1.29, 1.82) is 0 Å². The third-order valence-corrected chi connectivity index (χ3v) is 4.71. The van der Waals surface area contributed by atoms with Gasteiger partial charge in [-0.05, 0) is 18.4 Å².